The molecule has 1 aliphatic heterocycles. The van der Waals surface area contributed by atoms with E-state index in [1.54, 1.807) is 23.1 Å². The van der Waals surface area contributed by atoms with Crippen LogP contribution in [0, 0.1) is 5.82 Å². The predicted octanol–water partition coefficient (Wildman–Crippen LogP) is 2.90. The molecule has 1 heterocycles. The van der Waals surface area contributed by atoms with Crippen molar-refractivity contribution in [1.82, 2.24) is 9.62 Å². The van der Waals surface area contributed by atoms with E-state index in [1.807, 2.05) is 11.8 Å². The highest BCUT2D eigenvalue weighted by atomic mass is 35.5. The van der Waals surface area contributed by atoms with Gasteiger partial charge in [0.25, 0.3) is 5.91 Å². The molecule has 0 spiro atoms. The Balaban J connectivity index is 1.54. The van der Waals surface area contributed by atoms with E-state index in [4.69, 9.17) is 16.3 Å². The Morgan fingerprint density at radius 1 is 1.16 bits per heavy atom. The number of nitrogens with zero attached hydrogens (tertiary/aromatic N) is 2. The first-order valence-electron chi connectivity index (χ1n) is 10.0. The maximum absolute atomic E-state index is 13.9. The summed E-state index contributed by atoms with van der Waals surface area (Å²) in [7, 11) is -3.64. The van der Waals surface area contributed by atoms with Gasteiger partial charge in [-0.3, -0.25) is 4.79 Å². The summed E-state index contributed by atoms with van der Waals surface area (Å²) in [6, 6.07) is 10.7. The Labute approximate surface area is 186 Å². The lowest BCUT2D eigenvalue weighted by Crippen LogP contribution is -2.50. The van der Waals surface area contributed by atoms with Gasteiger partial charge in [-0.15, -0.1) is 0 Å². The van der Waals surface area contributed by atoms with Crippen LogP contribution < -0.4 is 14.4 Å². The number of sulfonamides is 1. The van der Waals surface area contributed by atoms with Crippen molar-refractivity contribution in [2.75, 3.05) is 44.2 Å². The van der Waals surface area contributed by atoms with Gasteiger partial charge in [0.05, 0.1) is 15.6 Å². The van der Waals surface area contributed by atoms with Crippen molar-refractivity contribution < 1.29 is 22.3 Å². The minimum absolute atomic E-state index is 0.0360. The van der Waals surface area contributed by atoms with E-state index in [-0.39, 0.29) is 34.0 Å². The normalized spacial score (nSPS) is 14.5. The zero-order chi connectivity index (χ0) is 22.4. The Kier molecular flexibility index (Phi) is 7.74. The minimum Gasteiger partial charge on any atom is -0.482 e. The lowest BCUT2D eigenvalue weighted by molar-refractivity contribution is -0.133. The predicted molar refractivity (Wildman–Crippen MR) is 118 cm³/mol. The smallest absolute Gasteiger partial charge is 0.260 e. The molecule has 31 heavy (non-hydrogen) atoms. The Bertz CT molecular complexity index is 1030. The zero-order valence-corrected chi connectivity index (χ0v) is 18.8. The van der Waals surface area contributed by atoms with E-state index in [9.17, 15) is 17.6 Å². The van der Waals surface area contributed by atoms with Crippen LogP contribution in [0.1, 0.15) is 13.3 Å². The molecule has 1 aliphatic rings. The van der Waals surface area contributed by atoms with E-state index >= 15 is 0 Å². The molecule has 7 nitrogen and oxygen atoms in total. The van der Waals surface area contributed by atoms with E-state index < -0.39 is 10.0 Å². The molecule has 1 fully saturated rings. The number of hydrogen-bond donors (Lipinski definition) is 1. The molecule has 10 heteroatoms. The number of hydrogen-bond acceptors (Lipinski definition) is 5. The molecule has 168 valence electrons. The van der Waals surface area contributed by atoms with Crippen LogP contribution in [0.5, 0.6) is 5.75 Å². The zero-order valence-electron chi connectivity index (χ0n) is 17.2. The summed E-state index contributed by atoms with van der Waals surface area (Å²) in [4.78, 5) is 16.1. The maximum Gasteiger partial charge on any atom is 0.260 e. The van der Waals surface area contributed by atoms with Crippen molar-refractivity contribution in [1.29, 1.82) is 0 Å². The fourth-order valence-corrected chi connectivity index (χ4v) is 4.68. The molecule has 0 aromatic heterocycles. The first kappa shape index (κ1) is 23.3. The number of para-hydroxylation sites is 1. The van der Waals surface area contributed by atoms with Gasteiger partial charge in [0.1, 0.15) is 11.6 Å². The summed E-state index contributed by atoms with van der Waals surface area (Å²) in [5, 5.41) is 0.108. The highest BCUT2D eigenvalue weighted by molar-refractivity contribution is 7.89. The highest BCUT2D eigenvalue weighted by Crippen LogP contribution is 2.27. The molecule has 0 saturated carbocycles. The van der Waals surface area contributed by atoms with Gasteiger partial charge in [0.2, 0.25) is 10.0 Å². The van der Waals surface area contributed by atoms with Gasteiger partial charge in [-0.05, 0) is 36.8 Å². The molecule has 0 aliphatic carbocycles. The van der Waals surface area contributed by atoms with E-state index in [1.165, 1.54) is 24.3 Å². The molecule has 1 N–H and O–H groups in total. The molecule has 1 amide bonds. The van der Waals surface area contributed by atoms with Gasteiger partial charge in [-0.2, -0.15) is 0 Å². The minimum atomic E-state index is -3.64. The van der Waals surface area contributed by atoms with Crippen LogP contribution in [0.4, 0.5) is 10.1 Å². The third-order valence-corrected chi connectivity index (χ3v) is 6.69. The molecule has 2 aromatic carbocycles. The van der Waals surface area contributed by atoms with Crippen molar-refractivity contribution in [2.45, 2.75) is 18.2 Å². The number of piperazine rings is 1. The number of benzene rings is 2. The molecular weight excluding hydrogens is 445 g/mol. The fraction of sp³-hybridized carbons (Fsp3) is 0.381. The molecular formula is C21H25ClFN3O4S. The van der Waals surface area contributed by atoms with Gasteiger partial charge in [0.15, 0.2) is 6.61 Å². The number of carbonyl (C=O) groups is 1. The topological polar surface area (TPSA) is 78.9 Å². The summed E-state index contributed by atoms with van der Waals surface area (Å²) in [6.45, 7) is 3.91. The molecule has 0 atom stereocenters. The number of nitrogens with one attached hydrogen (secondary N) is 1. The Hall–Kier alpha value is -2.36. The summed E-state index contributed by atoms with van der Waals surface area (Å²) in [5.41, 5.74) is 0.529. The Morgan fingerprint density at radius 2 is 1.87 bits per heavy atom. The van der Waals surface area contributed by atoms with Gasteiger partial charge in [-0.1, -0.05) is 30.7 Å². The van der Waals surface area contributed by atoms with Crippen molar-refractivity contribution in [3.05, 3.63) is 53.3 Å². The molecule has 2 aromatic rings. The quantitative estimate of drug-likeness (QED) is 0.643. The first-order valence-corrected chi connectivity index (χ1v) is 11.9. The summed E-state index contributed by atoms with van der Waals surface area (Å²) in [5.74, 6) is -0.268. The van der Waals surface area contributed by atoms with Crippen LogP contribution in [-0.4, -0.2) is 58.6 Å². The van der Waals surface area contributed by atoms with E-state index in [0.717, 1.165) is 0 Å². The second kappa shape index (κ2) is 10.3. The number of rotatable bonds is 8. The first-order chi connectivity index (χ1) is 14.8. The number of ether oxygens (including phenoxy) is 1. The maximum atomic E-state index is 13.9. The molecule has 0 radical (unpaired) electrons. The number of anilines is 1. The molecule has 0 bridgehead atoms. The fourth-order valence-electron chi connectivity index (χ4n) is 3.22. The molecule has 0 unspecified atom stereocenters. The Morgan fingerprint density at radius 3 is 2.52 bits per heavy atom. The van der Waals surface area contributed by atoms with E-state index in [0.29, 0.717) is 44.8 Å². The second-order valence-electron chi connectivity index (χ2n) is 7.10. The van der Waals surface area contributed by atoms with Gasteiger partial charge >= 0.3 is 0 Å². The number of halogens is 2. The average molecular weight is 470 g/mol. The van der Waals surface area contributed by atoms with Gasteiger partial charge < -0.3 is 14.5 Å². The molecule has 1 saturated heterocycles. The molecule has 3 rings (SSSR count). The van der Waals surface area contributed by atoms with Crippen molar-refractivity contribution >= 4 is 33.2 Å². The summed E-state index contributed by atoms with van der Waals surface area (Å²) in [6.07, 6.45) is 0.671. The SMILES string of the molecule is CCCNS(=O)(=O)c1ccc(OCC(=O)N2CCN(c3ccccc3F)CC2)c(Cl)c1. The standard InChI is InChI=1S/C21H25ClFN3O4S/c1-2-9-24-31(28,29)16-7-8-20(17(22)14-16)30-15-21(27)26-12-10-25(11-13-26)19-6-4-3-5-18(19)23/h3-8,14,24H,2,9-13,15H2,1H3. The third kappa shape index (κ3) is 5.87. The van der Waals surface area contributed by atoms with Crippen LogP contribution in [0.2, 0.25) is 5.02 Å². The van der Waals surface area contributed by atoms with Crippen LogP contribution in [-0.2, 0) is 14.8 Å². The van der Waals surface area contributed by atoms with Crippen LogP contribution in [0.3, 0.4) is 0 Å². The highest BCUT2D eigenvalue weighted by Gasteiger charge is 2.23. The average Bonchev–Trinajstić information content (AvgIpc) is 2.77. The van der Waals surface area contributed by atoms with Crippen molar-refractivity contribution in [3.63, 3.8) is 0 Å². The largest absolute Gasteiger partial charge is 0.482 e. The van der Waals surface area contributed by atoms with Crippen molar-refractivity contribution in [2.24, 2.45) is 0 Å². The summed E-state index contributed by atoms with van der Waals surface area (Å²) >= 11 is 6.16. The second-order valence-corrected chi connectivity index (χ2v) is 9.27. The van der Waals surface area contributed by atoms with Gasteiger partial charge in [0, 0.05) is 32.7 Å². The lowest BCUT2D eigenvalue weighted by Gasteiger charge is -2.36. The van der Waals surface area contributed by atoms with Crippen LogP contribution >= 0.6 is 11.6 Å². The van der Waals surface area contributed by atoms with Crippen molar-refractivity contribution in [3.8, 4) is 5.75 Å². The van der Waals surface area contributed by atoms with E-state index in [2.05, 4.69) is 4.72 Å². The number of carbonyl (C=O) groups excluding carboxylic acids is 1. The summed E-state index contributed by atoms with van der Waals surface area (Å²) < 4.78 is 46.3. The van der Waals surface area contributed by atoms with Gasteiger partial charge in [-0.25, -0.2) is 17.5 Å². The van der Waals surface area contributed by atoms with Crippen LogP contribution in [0.25, 0.3) is 0 Å². The monoisotopic (exact) mass is 469 g/mol. The number of amides is 1. The van der Waals surface area contributed by atoms with Crippen LogP contribution in [0.15, 0.2) is 47.4 Å². The lowest BCUT2D eigenvalue weighted by atomic mass is 10.2. The third-order valence-electron chi connectivity index (χ3n) is 4.93.